The number of amides is 1. The molecule has 1 aliphatic heterocycles. The second-order valence-electron chi connectivity index (χ2n) is 4.31. The summed E-state index contributed by atoms with van der Waals surface area (Å²) in [6.45, 7) is 2.23. The zero-order valence-electron chi connectivity index (χ0n) is 10.3. The highest BCUT2D eigenvalue weighted by molar-refractivity contribution is 6.29. The molecule has 6 nitrogen and oxygen atoms in total. The van der Waals surface area contributed by atoms with Crippen molar-refractivity contribution in [1.29, 1.82) is 0 Å². The molecule has 1 aromatic rings. The van der Waals surface area contributed by atoms with E-state index in [1.54, 1.807) is 6.07 Å². The van der Waals surface area contributed by atoms with Crippen LogP contribution in [0.4, 0.5) is 11.8 Å². The SMILES string of the molecule is CN(CCN1CCCC1=O)c1cc(Cl)nc(N)n1. The second kappa shape index (κ2) is 5.39. The lowest BCUT2D eigenvalue weighted by molar-refractivity contribution is -0.127. The van der Waals surface area contributed by atoms with Crippen LogP contribution in [0.1, 0.15) is 12.8 Å². The molecule has 2 N–H and O–H groups in total. The molecule has 1 aromatic heterocycles. The van der Waals surface area contributed by atoms with Gasteiger partial charge in [0.2, 0.25) is 11.9 Å². The number of carbonyl (C=O) groups excluding carboxylic acids is 1. The highest BCUT2D eigenvalue weighted by Crippen LogP contribution is 2.16. The van der Waals surface area contributed by atoms with Crippen LogP contribution in [0.3, 0.4) is 0 Å². The van der Waals surface area contributed by atoms with Crippen molar-refractivity contribution in [3.63, 3.8) is 0 Å². The van der Waals surface area contributed by atoms with Gasteiger partial charge in [0, 0.05) is 39.2 Å². The van der Waals surface area contributed by atoms with Crippen LogP contribution < -0.4 is 10.6 Å². The molecule has 7 heteroatoms. The maximum Gasteiger partial charge on any atom is 0.223 e. The molecule has 0 spiro atoms. The first-order chi connectivity index (χ1) is 8.56. The van der Waals surface area contributed by atoms with Crippen molar-refractivity contribution in [2.24, 2.45) is 0 Å². The number of carbonyl (C=O) groups is 1. The van der Waals surface area contributed by atoms with E-state index < -0.39 is 0 Å². The van der Waals surface area contributed by atoms with Gasteiger partial charge in [-0.15, -0.1) is 0 Å². The van der Waals surface area contributed by atoms with Gasteiger partial charge in [0.25, 0.3) is 0 Å². The van der Waals surface area contributed by atoms with E-state index in [0.717, 1.165) is 13.0 Å². The van der Waals surface area contributed by atoms with Crippen LogP contribution in [0.5, 0.6) is 0 Å². The molecule has 0 unspecified atom stereocenters. The van der Waals surface area contributed by atoms with Gasteiger partial charge < -0.3 is 15.5 Å². The fraction of sp³-hybridized carbons (Fsp3) is 0.545. The van der Waals surface area contributed by atoms with Gasteiger partial charge in [-0.3, -0.25) is 4.79 Å². The number of likely N-dealkylation sites (N-methyl/N-ethyl adjacent to an activating group) is 1. The minimum atomic E-state index is 0.154. The molecule has 1 amide bonds. The largest absolute Gasteiger partial charge is 0.368 e. The average molecular weight is 270 g/mol. The minimum absolute atomic E-state index is 0.154. The molecule has 0 atom stereocenters. The molecule has 1 aliphatic rings. The lowest BCUT2D eigenvalue weighted by Crippen LogP contribution is -2.34. The van der Waals surface area contributed by atoms with Gasteiger partial charge in [-0.05, 0) is 6.42 Å². The van der Waals surface area contributed by atoms with Crippen LogP contribution in [-0.2, 0) is 4.79 Å². The number of nitrogen functional groups attached to an aromatic ring is 1. The number of halogens is 1. The number of nitrogens with two attached hydrogens (primary N) is 1. The Balaban J connectivity index is 1.94. The van der Waals surface area contributed by atoms with E-state index in [2.05, 4.69) is 9.97 Å². The average Bonchev–Trinajstić information content (AvgIpc) is 2.70. The summed E-state index contributed by atoms with van der Waals surface area (Å²) in [5.41, 5.74) is 5.54. The standard InChI is InChI=1S/C11H16ClN5O/c1-16(5-6-17-4-2-3-10(17)18)9-7-8(12)14-11(13)15-9/h7H,2-6H2,1H3,(H2,13,14,15). The first kappa shape index (κ1) is 12.9. The maximum absolute atomic E-state index is 11.5. The third kappa shape index (κ3) is 3.01. The molecule has 1 fully saturated rings. The molecule has 2 rings (SSSR count). The summed E-state index contributed by atoms with van der Waals surface area (Å²) in [4.78, 5) is 23.2. The molecule has 0 radical (unpaired) electrons. The van der Waals surface area contributed by atoms with Gasteiger partial charge >= 0.3 is 0 Å². The molecule has 0 aliphatic carbocycles. The lowest BCUT2D eigenvalue weighted by Gasteiger charge is -2.22. The summed E-state index contributed by atoms with van der Waals surface area (Å²) in [5, 5.41) is 0.321. The number of anilines is 2. The summed E-state index contributed by atoms with van der Waals surface area (Å²) < 4.78 is 0. The Bertz CT molecular complexity index is 433. The first-order valence-electron chi connectivity index (χ1n) is 5.85. The first-order valence-corrected chi connectivity index (χ1v) is 6.23. The number of likely N-dealkylation sites (tertiary alicyclic amines) is 1. The number of hydrogen-bond donors (Lipinski definition) is 1. The van der Waals surface area contributed by atoms with Crippen LogP contribution in [0, 0.1) is 0 Å². The third-order valence-electron chi connectivity index (χ3n) is 2.97. The molecule has 18 heavy (non-hydrogen) atoms. The molecule has 0 aromatic carbocycles. The molecule has 0 saturated carbocycles. The quantitative estimate of drug-likeness (QED) is 0.817. The summed E-state index contributed by atoms with van der Waals surface area (Å²) in [5.74, 6) is 1.05. The predicted octanol–water partition coefficient (Wildman–Crippen LogP) is 0.771. The Morgan fingerprint density at radius 3 is 2.94 bits per heavy atom. The second-order valence-corrected chi connectivity index (χ2v) is 4.70. The van der Waals surface area contributed by atoms with Crippen molar-refractivity contribution in [2.75, 3.05) is 37.3 Å². The summed E-state index contributed by atoms with van der Waals surface area (Å²) in [6.07, 6.45) is 1.62. The number of hydrogen-bond acceptors (Lipinski definition) is 5. The number of nitrogens with zero attached hydrogens (tertiary/aromatic N) is 4. The summed E-state index contributed by atoms with van der Waals surface area (Å²) >= 11 is 5.82. The molecule has 0 bridgehead atoms. The van der Waals surface area contributed by atoms with Crippen molar-refractivity contribution < 1.29 is 4.79 Å². The van der Waals surface area contributed by atoms with Gasteiger partial charge in [0.15, 0.2) is 0 Å². The van der Waals surface area contributed by atoms with Crippen LogP contribution in [0.25, 0.3) is 0 Å². The highest BCUT2D eigenvalue weighted by Gasteiger charge is 2.20. The molecule has 1 saturated heterocycles. The van der Waals surface area contributed by atoms with Gasteiger partial charge in [0.1, 0.15) is 11.0 Å². The summed E-state index contributed by atoms with van der Waals surface area (Å²) in [6, 6.07) is 1.66. The van der Waals surface area contributed by atoms with Gasteiger partial charge in [-0.1, -0.05) is 11.6 Å². The lowest BCUT2D eigenvalue weighted by atomic mass is 10.4. The molecular formula is C11H16ClN5O. The monoisotopic (exact) mass is 269 g/mol. The Labute approximate surface area is 111 Å². The molecular weight excluding hydrogens is 254 g/mol. The normalized spacial score (nSPS) is 15.2. The molecule has 98 valence electrons. The van der Waals surface area contributed by atoms with E-state index in [1.165, 1.54) is 0 Å². The van der Waals surface area contributed by atoms with E-state index in [9.17, 15) is 4.79 Å². The minimum Gasteiger partial charge on any atom is -0.368 e. The van der Waals surface area contributed by atoms with Crippen molar-refractivity contribution >= 4 is 29.3 Å². The van der Waals surface area contributed by atoms with Crippen molar-refractivity contribution in [3.8, 4) is 0 Å². The number of aromatic nitrogens is 2. The Morgan fingerprint density at radius 1 is 1.56 bits per heavy atom. The Kier molecular flexibility index (Phi) is 3.86. The van der Waals surface area contributed by atoms with Gasteiger partial charge in [-0.2, -0.15) is 4.98 Å². The van der Waals surface area contributed by atoms with Crippen molar-refractivity contribution in [3.05, 3.63) is 11.2 Å². The van der Waals surface area contributed by atoms with Crippen molar-refractivity contribution in [2.45, 2.75) is 12.8 Å². The zero-order valence-corrected chi connectivity index (χ0v) is 11.0. The number of rotatable bonds is 4. The van der Waals surface area contributed by atoms with Crippen LogP contribution in [-0.4, -0.2) is 47.5 Å². The van der Waals surface area contributed by atoms with E-state index >= 15 is 0 Å². The smallest absolute Gasteiger partial charge is 0.223 e. The van der Waals surface area contributed by atoms with Crippen molar-refractivity contribution in [1.82, 2.24) is 14.9 Å². The Morgan fingerprint density at radius 2 is 2.33 bits per heavy atom. The molecule has 2 heterocycles. The topological polar surface area (TPSA) is 75.3 Å². The van der Waals surface area contributed by atoms with Crippen LogP contribution in [0.2, 0.25) is 5.15 Å². The van der Waals surface area contributed by atoms with E-state index in [-0.39, 0.29) is 11.9 Å². The fourth-order valence-corrected chi connectivity index (χ4v) is 2.13. The summed E-state index contributed by atoms with van der Waals surface area (Å²) in [7, 11) is 1.89. The van der Waals surface area contributed by atoms with E-state index in [1.807, 2.05) is 16.8 Å². The van der Waals surface area contributed by atoms with E-state index in [4.69, 9.17) is 17.3 Å². The van der Waals surface area contributed by atoms with Crippen LogP contribution >= 0.6 is 11.6 Å². The highest BCUT2D eigenvalue weighted by atomic mass is 35.5. The van der Waals surface area contributed by atoms with Crippen LogP contribution in [0.15, 0.2) is 6.07 Å². The zero-order chi connectivity index (χ0) is 13.1. The Hall–Kier alpha value is -1.56. The predicted molar refractivity (Wildman–Crippen MR) is 70.5 cm³/mol. The fourth-order valence-electron chi connectivity index (χ4n) is 1.94. The third-order valence-corrected chi connectivity index (χ3v) is 3.16. The maximum atomic E-state index is 11.5. The van der Waals surface area contributed by atoms with E-state index in [0.29, 0.717) is 30.5 Å². The van der Waals surface area contributed by atoms with Gasteiger partial charge in [-0.25, -0.2) is 4.98 Å². The van der Waals surface area contributed by atoms with Gasteiger partial charge in [0.05, 0.1) is 0 Å².